The Balaban J connectivity index is 3.86. The smallest absolute Gasteiger partial charge is 0.208 e. The minimum Gasteiger partial charge on any atom is -0.310 e. The molecule has 5 nitrogen and oxygen atoms in total. The van der Waals surface area contributed by atoms with Gasteiger partial charge in [0.15, 0.2) is 5.78 Å². The topological polar surface area (TPSA) is 75.3 Å². The normalized spacial score (nSPS) is 13.4. The maximum atomic E-state index is 11.6. The van der Waals surface area contributed by atoms with E-state index in [9.17, 15) is 13.2 Å². The fourth-order valence-electron chi connectivity index (χ4n) is 1.43. The summed E-state index contributed by atoms with van der Waals surface area (Å²) in [6.45, 7) is 5.72. The summed E-state index contributed by atoms with van der Waals surface area (Å²) in [5.74, 6) is 0.0172. The summed E-state index contributed by atoms with van der Waals surface area (Å²) < 4.78 is 24.0. The number of Topliss-reactive ketones (excluding diaryl/α,β-unsaturated/α-hetero) is 1. The molecule has 0 saturated heterocycles. The van der Waals surface area contributed by atoms with Crippen molar-refractivity contribution in [3.8, 4) is 0 Å². The number of rotatable bonds is 9. The zero-order valence-corrected chi connectivity index (χ0v) is 11.6. The Morgan fingerprint density at radius 3 is 2.35 bits per heavy atom. The first-order valence-corrected chi connectivity index (χ1v) is 7.48. The lowest BCUT2D eigenvalue weighted by Gasteiger charge is -2.14. The first-order valence-electron chi connectivity index (χ1n) is 5.59. The van der Waals surface area contributed by atoms with Crippen molar-refractivity contribution in [2.75, 3.05) is 19.8 Å². The van der Waals surface area contributed by atoms with Crippen LogP contribution in [0.2, 0.25) is 0 Å². The molecule has 1 unspecified atom stereocenters. The van der Waals surface area contributed by atoms with Crippen LogP contribution in [0, 0.1) is 0 Å². The quantitative estimate of drug-likeness (QED) is 0.467. The van der Waals surface area contributed by atoms with Gasteiger partial charge in [-0.1, -0.05) is 13.0 Å². The third-order valence-corrected chi connectivity index (χ3v) is 3.10. The van der Waals surface area contributed by atoms with Gasteiger partial charge >= 0.3 is 0 Å². The molecular formula is C11H22N2O3S. The van der Waals surface area contributed by atoms with Gasteiger partial charge in [-0.15, -0.1) is 0 Å². The van der Waals surface area contributed by atoms with Crippen LogP contribution in [-0.4, -0.2) is 40.1 Å². The van der Waals surface area contributed by atoms with Gasteiger partial charge in [-0.2, -0.15) is 0 Å². The molecule has 0 radical (unpaired) electrons. The predicted octanol–water partition coefficient (Wildman–Crippen LogP) is 0.439. The second-order valence-electron chi connectivity index (χ2n) is 4.15. The van der Waals surface area contributed by atoms with Crippen molar-refractivity contribution in [3.63, 3.8) is 0 Å². The molecule has 0 rings (SSSR count). The molecule has 0 saturated carbocycles. The number of ketones is 1. The summed E-state index contributed by atoms with van der Waals surface area (Å²) >= 11 is 0. The van der Waals surface area contributed by atoms with Gasteiger partial charge < -0.3 is 5.32 Å². The molecule has 2 N–H and O–H groups in total. The van der Waals surface area contributed by atoms with Crippen LogP contribution in [0.25, 0.3) is 0 Å². The number of likely N-dealkylation sites (N-methyl/N-ethyl adjacent to an activating group) is 1. The molecule has 1 atom stereocenters. The van der Waals surface area contributed by atoms with Crippen molar-refractivity contribution < 1.29 is 13.2 Å². The second-order valence-corrected chi connectivity index (χ2v) is 5.98. The SMILES string of the molecule is C=C(C)C(=O)C(CCCCNS(C)(=O)=O)NC. The molecule has 6 heteroatoms. The Hall–Kier alpha value is -0.720. The van der Waals surface area contributed by atoms with Gasteiger partial charge in [0, 0.05) is 6.54 Å². The number of nitrogens with one attached hydrogen (secondary N) is 2. The summed E-state index contributed by atoms with van der Waals surface area (Å²) in [5, 5.41) is 2.94. The van der Waals surface area contributed by atoms with Gasteiger partial charge in [-0.25, -0.2) is 13.1 Å². The molecule has 0 spiro atoms. The molecule has 17 heavy (non-hydrogen) atoms. The summed E-state index contributed by atoms with van der Waals surface area (Å²) in [4.78, 5) is 11.6. The molecule has 0 amide bonds. The number of carbonyl (C=O) groups excluding carboxylic acids is 1. The van der Waals surface area contributed by atoms with Crippen LogP contribution in [-0.2, 0) is 14.8 Å². The van der Waals surface area contributed by atoms with E-state index in [4.69, 9.17) is 0 Å². The molecule has 0 heterocycles. The Kier molecular flexibility index (Phi) is 7.26. The lowest BCUT2D eigenvalue weighted by atomic mass is 10.0. The maximum Gasteiger partial charge on any atom is 0.208 e. The Morgan fingerprint density at radius 2 is 1.94 bits per heavy atom. The van der Waals surface area contributed by atoms with E-state index in [1.54, 1.807) is 14.0 Å². The number of unbranched alkanes of at least 4 members (excludes halogenated alkanes) is 1. The second kappa shape index (κ2) is 7.58. The van der Waals surface area contributed by atoms with Crippen LogP contribution < -0.4 is 10.0 Å². The van der Waals surface area contributed by atoms with Gasteiger partial charge in [0.05, 0.1) is 12.3 Å². The molecule has 0 aliphatic rings. The molecule has 0 bridgehead atoms. The predicted molar refractivity (Wildman–Crippen MR) is 69.4 cm³/mol. The van der Waals surface area contributed by atoms with Crippen molar-refractivity contribution >= 4 is 15.8 Å². The van der Waals surface area contributed by atoms with E-state index in [0.29, 0.717) is 25.0 Å². The Labute approximate surface area is 104 Å². The highest BCUT2D eigenvalue weighted by Crippen LogP contribution is 2.05. The van der Waals surface area contributed by atoms with E-state index in [1.807, 2.05) is 0 Å². The minimum atomic E-state index is -3.11. The summed E-state index contributed by atoms with van der Waals surface area (Å²) in [7, 11) is -1.37. The first kappa shape index (κ1) is 16.3. The van der Waals surface area contributed by atoms with Gasteiger partial charge in [-0.3, -0.25) is 4.79 Å². The molecule has 0 fully saturated rings. The minimum absolute atomic E-state index is 0.0172. The molecule has 100 valence electrons. The van der Waals surface area contributed by atoms with Crippen LogP contribution in [0.4, 0.5) is 0 Å². The van der Waals surface area contributed by atoms with Gasteiger partial charge in [0.25, 0.3) is 0 Å². The van der Waals surface area contributed by atoms with Crippen molar-refractivity contribution in [1.82, 2.24) is 10.0 Å². The molecular weight excluding hydrogens is 240 g/mol. The maximum absolute atomic E-state index is 11.6. The van der Waals surface area contributed by atoms with E-state index >= 15 is 0 Å². The van der Waals surface area contributed by atoms with Crippen LogP contribution in [0.5, 0.6) is 0 Å². The van der Waals surface area contributed by atoms with E-state index in [2.05, 4.69) is 16.6 Å². The Morgan fingerprint density at radius 1 is 1.35 bits per heavy atom. The van der Waals surface area contributed by atoms with E-state index in [0.717, 1.165) is 12.7 Å². The van der Waals surface area contributed by atoms with Gasteiger partial charge in [-0.05, 0) is 32.4 Å². The zero-order valence-electron chi connectivity index (χ0n) is 10.7. The van der Waals surface area contributed by atoms with Crippen molar-refractivity contribution in [1.29, 1.82) is 0 Å². The van der Waals surface area contributed by atoms with Gasteiger partial charge in [0.2, 0.25) is 10.0 Å². The largest absolute Gasteiger partial charge is 0.310 e. The first-order chi connectivity index (χ1) is 7.78. The number of carbonyl (C=O) groups is 1. The molecule has 0 aliphatic heterocycles. The van der Waals surface area contributed by atoms with Crippen LogP contribution >= 0.6 is 0 Å². The molecule has 0 aromatic carbocycles. The lowest BCUT2D eigenvalue weighted by molar-refractivity contribution is -0.117. The number of hydrogen-bond donors (Lipinski definition) is 2. The van der Waals surface area contributed by atoms with Gasteiger partial charge in [0.1, 0.15) is 0 Å². The van der Waals surface area contributed by atoms with Crippen LogP contribution in [0.1, 0.15) is 26.2 Å². The van der Waals surface area contributed by atoms with Crippen molar-refractivity contribution in [3.05, 3.63) is 12.2 Å². The van der Waals surface area contributed by atoms with Crippen molar-refractivity contribution in [2.24, 2.45) is 0 Å². The standard InChI is InChI=1S/C11H22N2O3S/c1-9(2)11(14)10(12-3)7-5-6-8-13-17(4,15)16/h10,12-13H,1,5-8H2,2-4H3. The molecule has 0 aliphatic carbocycles. The highest BCUT2D eigenvalue weighted by atomic mass is 32.2. The zero-order chi connectivity index (χ0) is 13.5. The van der Waals surface area contributed by atoms with E-state index in [-0.39, 0.29) is 11.8 Å². The fraction of sp³-hybridized carbons (Fsp3) is 0.727. The third kappa shape index (κ3) is 8.06. The highest BCUT2D eigenvalue weighted by Gasteiger charge is 2.15. The average Bonchev–Trinajstić information content (AvgIpc) is 2.20. The van der Waals surface area contributed by atoms with E-state index < -0.39 is 10.0 Å². The van der Waals surface area contributed by atoms with Crippen molar-refractivity contribution in [2.45, 2.75) is 32.2 Å². The lowest BCUT2D eigenvalue weighted by Crippen LogP contribution is -2.34. The summed E-state index contributed by atoms with van der Waals surface area (Å²) in [6, 6.07) is -0.217. The molecule has 0 aromatic heterocycles. The monoisotopic (exact) mass is 262 g/mol. The summed E-state index contributed by atoms with van der Waals surface area (Å²) in [6.07, 6.45) is 3.32. The highest BCUT2D eigenvalue weighted by molar-refractivity contribution is 7.88. The molecule has 0 aromatic rings. The Bertz CT molecular complexity index is 363. The average molecular weight is 262 g/mol. The summed E-state index contributed by atoms with van der Waals surface area (Å²) in [5.41, 5.74) is 0.540. The third-order valence-electron chi connectivity index (χ3n) is 2.37. The van der Waals surface area contributed by atoms with Crippen LogP contribution in [0.15, 0.2) is 12.2 Å². The van der Waals surface area contributed by atoms with E-state index in [1.165, 1.54) is 0 Å². The fourth-order valence-corrected chi connectivity index (χ4v) is 1.95. The number of sulfonamides is 1. The number of hydrogen-bond acceptors (Lipinski definition) is 4. The van der Waals surface area contributed by atoms with Crippen LogP contribution in [0.3, 0.4) is 0 Å².